The highest BCUT2D eigenvalue weighted by atomic mass is 35.5. The van der Waals surface area contributed by atoms with Crippen molar-refractivity contribution in [3.8, 4) is 5.69 Å². The summed E-state index contributed by atoms with van der Waals surface area (Å²) in [5, 5.41) is 14.2. The first-order valence-electron chi connectivity index (χ1n) is 8.35. The molecule has 128 valence electrons. The predicted molar refractivity (Wildman–Crippen MR) is 93.7 cm³/mol. The summed E-state index contributed by atoms with van der Waals surface area (Å²) in [5.41, 5.74) is 2.14. The van der Waals surface area contributed by atoms with Gasteiger partial charge in [0.2, 0.25) is 0 Å². The van der Waals surface area contributed by atoms with Gasteiger partial charge in [0, 0.05) is 19.2 Å². The third-order valence-electron chi connectivity index (χ3n) is 4.67. The molecule has 1 amide bonds. The predicted octanol–water partition coefficient (Wildman–Crippen LogP) is 3.21. The van der Waals surface area contributed by atoms with E-state index in [0.717, 1.165) is 37.2 Å². The van der Waals surface area contributed by atoms with Crippen molar-refractivity contribution in [3.63, 3.8) is 0 Å². The van der Waals surface area contributed by atoms with Crippen LogP contribution >= 0.6 is 11.6 Å². The van der Waals surface area contributed by atoms with Crippen LogP contribution in [0.2, 0.25) is 5.02 Å². The number of aromatic nitrogens is 2. The van der Waals surface area contributed by atoms with Crippen LogP contribution in [0.3, 0.4) is 0 Å². The van der Waals surface area contributed by atoms with Crippen molar-refractivity contribution in [2.24, 2.45) is 0 Å². The van der Waals surface area contributed by atoms with Gasteiger partial charge in [-0.2, -0.15) is 5.10 Å². The molecule has 0 saturated carbocycles. The highest BCUT2D eigenvalue weighted by Gasteiger charge is 2.29. The summed E-state index contributed by atoms with van der Waals surface area (Å²) in [6.07, 6.45) is 5.30. The number of carbonyl (C=O) groups excluding carboxylic acids is 1. The Bertz CT molecular complexity index is 727. The average molecular weight is 348 g/mol. The van der Waals surface area contributed by atoms with E-state index in [0.29, 0.717) is 17.0 Å². The van der Waals surface area contributed by atoms with Gasteiger partial charge in [-0.05, 0) is 44.7 Å². The van der Waals surface area contributed by atoms with Crippen molar-refractivity contribution >= 4 is 17.5 Å². The van der Waals surface area contributed by atoms with Gasteiger partial charge in [-0.1, -0.05) is 23.7 Å². The number of halogens is 1. The van der Waals surface area contributed by atoms with E-state index in [4.69, 9.17) is 11.6 Å². The van der Waals surface area contributed by atoms with Gasteiger partial charge in [0.15, 0.2) is 0 Å². The molecule has 2 aromatic rings. The van der Waals surface area contributed by atoms with Crippen LogP contribution in [-0.2, 0) is 0 Å². The Balaban J connectivity index is 1.90. The number of amides is 1. The van der Waals surface area contributed by atoms with E-state index in [-0.39, 0.29) is 18.6 Å². The van der Waals surface area contributed by atoms with E-state index in [9.17, 15) is 9.90 Å². The molecule has 1 saturated heterocycles. The Labute approximate surface area is 146 Å². The third-order valence-corrected chi connectivity index (χ3v) is 4.99. The smallest absolute Gasteiger partial charge is 0.257 e. The maximum atomic E-state index is 13.0. The number of aliphatic hydroxyl groups excluding tert-OH is 1. The zero-order valence-corrected chi connectivity index (χ0v) is 14.5. The van der Waals surface area contributed by atoms with E-state index in [2.05, 4.69) is 5.10 Å². The molecule has 1 atom stereocenters. The second kappa shape index (κ2) is 7.36. The van der Waals surface area contributed by atoms with Crippen molar-refractivity contribution in [2.45, 2.75) is 38.6 Å². The summed E-state index contributed by atoms with van der Waals surface area (Å²) in [4.78, 5) is 14.9. The van der Waals surface area contributed by atoms with Crippen molar-refractivity contribution in [1.29, 1.82) is 0 Å². The van der Waals surface area contributed by atoms with Gasteiger partial charge in [-0.15, -0.1) is 0 Å². The lowest BCUT2D eigenvalue weighted by Crippen LogP contribution is -2.44. The lowest BCUT2D eigenvalue weighted by atomic mass is 9.98. The summed E-state index contributed by atoms with van der Waals surface area (Å²) < 4.78 is 1.71. The molecule has 6 heteroatoms. The van der Waals surface area contributed by atoms with Crippen LogP contribution in [0.15, 0.2) is 30.5 Å². The van der Waals surface area contributed by atoms with Gasteiger partial charge in [0.1, 0.15) is 0 Å². The lowest BCUT2D eigenvalue weighted by Gasteiger charge is -2.35. The number of nitrogens with zero attached hydrogens (tertiary/aromatic N) is 3. The molecule has 0 spiro atoms. The van der Waals surface area contributed by atoms with Gasteiger partial charge < -0.3 is 10.0 Å². The van der Waals surface area contributed by atoms with Crippen LogP contribution in [0.1, 0.15) is 41.7 Å². The largest absolute Gasteiger partial charge is 0.396 e. The van der Waals surface area contributed by atoms with Gasteiger partial charge in [-0.3, -0.25) is 4.79 Å². The highest BCUT2D eigenvalue weighted by molar-refractivity contribution is 6.32. The number of carbonyl (C=O) groups is 1. The molecule has 0 bridgehead atoms. The minimum absolute atomic E-state index is 0.0102. The minimum Gasteiger partial charge on any atom is -0.396 e. The van der Waals surface area contributed by atoms with Crippen molar-refractivity contribution in [1.82, 2.24) is 14.7 Å². The zero-order chi connectivity index (χ0) is 17.1. The molecule has 5 nitrogen and oxygen atoms in total. The standard InChI is InChI=1S/C18H22ClN3O2/c1-13-15(12-20-22(13)17-8-3-2-7-16(17)19)18(24)21-10-5-4-6-14(21)9-11-23/h2-3,7-8,12,14,23H,4-6,9-11H2,1H3. The summed E-state index contributed by atoms with van der Waals surface area (Å²) in [5.74, 6) is -0.0102. The molecule has 0 aliphatic carbocycles. The van der Waals surface area contributed by atoms with Crippen LogP contribution in [0.5, 0.6) is 0 Å². The fourth-order valence-electron chi connectivity index (χ4n) is 3.36. The van der Waals surface area contributed by atoms with Gasteiger partial charge in [0.05, 0.1) is 28.2 Å². The molecule has 2 heterocycles. The number of piperidine rings is 1. The van der Waals surface area contributed by atoms with E-state index in [1.165, 1.54) is 0 Å². The van der Waals surface area contributed by atoms with Gasteiger partial charge >= 0.3 is 0 Å². The van der Waals surface area contributed by atoms with Crippen molar-refractivity contribution < 1.29 is 9.90 Å². The van der Waals surface area contributed by atoms with E-state index >= 15 is 0 Å². The maximum absolute atomic E-state index is 13.0. The average Bonchev–Trinajstić information content (AvgIpc) is 2.97. The van der Waals surface area contributed by atoms with Crippen LogP contribution in [0.4, 0.5) is 0 Å². The molecule has 1 aromatic heterocycles. The molecule has 1 N–H and O–H groups in total. The number of benzene rings is 1. The Morgan fingerprint density at radius 3 is 2.92 bits per heavy atom. The number of hydrogen-bond donors (Lipinski definition) is 1. The quantitative estimate of drug-likeness (QED) is 0.923. The summed E-state index contributed by atoms with van der Waals surface area (Å²) in [7, 11) is 0. The Morgan fingerprint density at radius 2 is 2.17 bits per heavy atom. The summed E-state index contributed by atoms with van der Waals surface area (Å²) in [6, 6.07) is 7.56. The Hall–Kier alpha value is -1.85. The Morgan fingerprint density at radius 1 is 1.38 bits per heavy atom. The molecule has 24 heavy (non-hydrogen) atoms. The van der Waals surface area contributed by atoms with Crippen LogP contribution in [-0.4, -0.2) is 44.9 Å². The molecule has 0 radical (unpaired) electrons. The number of hydrogen-bond acceptors (Lipinski definition) is 3. The topological polar surface area (TPSA) is 58.4 Å². The fourth-order valence-corrected chi connectivity index (χ4v) is 3.57. The second-order valence-electron chi connectivity index (χ2n) is 6.17. The Kier molecular flexibility index (Phi) is 5.21. The van der Waals surface area contributed by atoms with Crippen molar-refractivity contribution in [2.75, 3.05) is 13.2 Å². The zero-order valence-electron chi connectivity index (χ0n) is 13.8. The number of para-hydroxylation sites is 1. The first kappa shape index (κ1) is 17.0. The van der Waals surface area contributed by atoms with E-state index in [1.54, 1.807) is 16.9 Å². The molecule has 1 aliphatic heterocycles. The van der Waals surface area contributed by atoms with E-state index < -0.39 is 0 Å². The lowest BCUT2D eigenvalue weighted by molar-refractivity contribution is 0.0574. The highest BCUT2D eigenvalue weighted by Crippen LogP contribution is 2.25. The number of aliphatic hydroxyl groups is 1. The summed E-state index contributed by atoms with van der Waals surface area (Å²) in [6.45, 7) is 2.72. The molecular formula is C18H22ClN3O2. The minimum atomic E-state index is -0.0102. The number of likely N-dealkylation sites (tertiary alicyclic amines) is 1. The van der Waals surface area contributed by atoms with Crippen LogP contribution in [0, 0.1) is 6.92 Å². The van der Waals surface area contributed by atoms with Crippen LogP contribution in [0.25, 0.3) is 5.69 Å². The van der Waals surface area contributed by atoms with Crippen molar-refractivity contribution in [3.05, 3.63) is 46.7 Å². The maximum Gasteiger partial charge on any atom is 0.257 e. The van der Waals surface area contributed by atoms with Gasteiger partial charge in [-0.25, -0.2) is 4.68 Å². The SMILES string of the molecule is Cc1c(C(=O)N2CCCCC2CCO)cnn1-c1ccccc1Cl. The number of rotatable bonds is 4. The molecule has 3 rings (SSSR count). The fraction of sp³-hybridized carbons (Fsp3) is 0.444. The second-order valence-corrected chi connectivity index (χ2v) is 6.57. The monoisotopic (exact) mass is 347 g/mol. The van der Waals surface area contributed by atoms with Gasteiger partial charge in [0.25, 0.3) is 5.91 Å². The van der Waals surface area contributed by atoms with Crippen LogP contribution < -0.4 is 0 Å². The normalized spacial score (nSPS) is 18.0. The molecular weight excluding hydrogens is 326 g/mol. The first-order valence-corrected chi connectivity index (χ1v) is 8.72. The molecule has 1 fully saturated rings. The first-order chi connectivity index (χ1) is 11.6. The molecule has 1 unspecified atom stereocenters. The summed E-state index contributed by atoms with van der Waals surface area (Å²) >= 11 is 6.25. The third kappa shape index (κ3) is 3.19. The van der Waals surface area contributed by atoms with E-state index in [1.807, 2.05) is 30.0 Å². The molecule has 1 aromatic carbocycles. The molecule has 1 aliphatic rings.